The number of carbonyl (C=O) groups excluding carboxylic acids is 1. The maximum absolute atomic E-state index is 13.5. The first-order valence-corrected chi connectivity index (χ1v) is 11.8. The van der Waals surface area contributed by atoms with E-state index in [-0.39, 0.29) is 24.5 Å². The molecule has 0 bridgehead atoms. The molecular weight excluding hydrogens is 428 g/mol. The minimum Gasteiger partial charge on any atom is -0.462 e. The van der Waals surface area contributed by atoms with Gasteiger partial charge in [-0.15, -0.1) is 0 Å². The summed E-state index contributed by atoms with van der Waals surface area (Å²) in [5, 5.41) is 11.2. The number of hydrogen-bond acceptors (Lipinski definition) is 6. The Morgan fingerprint density at radius 3 is 2.50 bits per heavy atom. The number of nitrogens with zero attached hydrogens (tertiary/aromatic N) is 2. The number of carbonyl (C=O) groups is 1. The van der Waals surface area contributed by atoms with Crippen LogP contribution in [-0.2, 0) is 27.7 Å². The molecule has 0 unspecified atom stereocenters. The zero-order chi connectivity index (χ0) is 22.7. The normalized spacial score (nSPS) is 19.8. The molecule has 1 N–H and O–H groups in total. The Labute approximate surface area is 187 Å². The highest BCUT2D eigenvalue weighted by molar-refractivity contribution is 7.89. The molecule has 0 fully saturated rings. The van der Waals surface area contributed by atoms with E-state index in [1.165, 1.54) is 10.4 Å². The van der Waals surface area contributed by atoms with Crippen LogP contribution < -0.4 is 0 Å². The van der Waals surface area contributed by atoms with Crippen LogP contribution >= 0.6 is 0 Å². The number of aromatic nitrogens is 1. The molecule has 3 aromatic rings. The lowest BCUT2D eigenvalue weighted by Crippen LogP contribution is -2.48. The average Bonchev–Trinajstić information content (AvgIpc) is 2.81. The van der Waals surface area contributed by atoms with Gasteiger partial charge in [-0.1, -0.05) is 36.4 Å². The van der Waals surface area contributed by atoms with E-state index < -0.39 is 28.1 Å². The van der Waals surface area contributed by atoms with Crippen molar-refractivity contribution in [2.24, 2.45) is 0 Å². The zero-order valence-electron chi connectivity index (χ0n) is 17.6. The molecule has 0 spiro atoms. The lowest BCUT2D eigenvalue weighted by atomic mass is 9.95. The maximum Gasteiger partial charge on any atom is 0.338 e. The molecule has 2 heterocycles. The molecule has 166 valence electrons. The highest BCUT2D eigenvalue weighted by atomic mass is 32.2. The summed E-state index contributed by atoms with van der Waals surface area (Å²) in [6.45, 7) is 2.12. The van der Waals surface area contributed by atoms with Crippen molar-refractivity contribution < 1.29 is 23.1 Å². The van der Waals surface area contributed by atoms with Gasteiger partial charge in [0.25, 0.3) is 0 Å². The number of pyridine rings is 1. The van der Waals surface area contributed by atoms with Crippen LogP contribution in [0.15, 0.2) is 78.0 Å². The van der Waals surface area contributed by atoms with Crippen LogP contribution in [0.1, 0.15) is 40.1 Å². The molecule has 0 aliphatic carbocycles. The number of benzene rings is 2. The third kappa shape index (κ3) is 4.29. The number of hydrogen-bond donors (Lipinski definition) is 1. The van der Waals surface area contributed by atoms with Crippen LogP contribution in [0.4, 0.5) is 0 Å². The first-order chi connectivity index (χ1) is 15.4. The summed E-state index contributed by atoms with van der Waals surface area (Å²) in [5.74, 6) is -0.411. The molecule has 7 nitrogen and oxygen atoms in total. The lowest BCUT2D eigenvalue weighted by Gasteiger charge is -2.39. The molecule has 8 heteroatoms. The third-order valence-electron chi connectivity index (χ3n) is 5.53. The highest BCUT2D eigenvalue weighted by Crippen LogP contribution is 2.38. The van der Waals surface area contributed by atoms with Crippen LogP contribution in [-0.4, -0.2) is 41.4 Å². The van der Waals surface area contributed by atoms with Crippen LogP contribution in [0.25, 0.3) is 0 Å². The van der Waals surface area contributed by atoms with E-state index in [1.54, 1.807) is 73.9 Å². The van der Waals surface area contributed by atoms with Crippen LogP contribution in [0, 0.1) is 0 Å². The van der Waals surface area contributed by atoms with Crippen LogP contribution in [0.2, 0.25) is 0 Å². The van der Waals surface area contributed by atoms with Gasteiger partial charge in [0.15, 0.2) is 0 Å². The quantitative estimate of drug-likeness (QED) is 0.578. The predicted octanol–water partition coefficient (Wildman–Crippen LogP) is 3.11. The maximum atomic E-state index is 13.5. The molecule has 0 amide bonds. The Hall–Kier alpha value is -3.07. The first kappa shape index (κ1) is 22.1. The number of ether oxygens (including phenoxy) is 1. The van der Waals surface area contributed by atoms with Gasteiger partial charge in [-0.05, 0) is 48.7 Å². The Bertz CT molecular complexity index is 1200. The number of aliphatic hydroxyl groups excluding tert-OH is 1. The Kier molecular flexibility index (Phi) is 6.36. The van der Waals surface area contributed by atoms with Crippen molar-refractivity contribution in [3.05, 3.63) is 95.3 Å². The standard InChI is InChI=1S/C24H24N2O5S/c1-2-31-24(28)19-11-9-17(10-12-19)14-21-23(27)20-7-3-4-8-22(20)32(29,30)26(21)16-18-6-5-13-25-15-18/h3-13,15,21,23,27H,2,14,16H2,1H3/t21-,23+/m1/s1. The Morgan fingerprint density at radius 2 is 1.81 bits per heavy atom. The topological polar surface area (TPSA) is 96.8 Å². The molecule has 4 rings (SSSR count). The molecule has 2 aromatic carbocycles. The fourth-order valence-corrected chi connectivity index (χ4v) is 5.80. The summed E-state index contributed by atoms with van der Waals surface area (Å²) in [5.41, 5.74) is 2.34. The minimum atomic E-state index is -3.84. The number of aliphatic hydroxyl groups is 1. The summed E-state index contributed by atoms with van der Waals surface area (Å²) >= 11 is 0. The number of rotatable bonds is 6. The van der Waals surface area contributed by atoms with E-state index in [0.29, 0.717) is 11.1 Å². The van der Waals surface area contributed by atoms with Gasteiger partial charge >= 0.3 is 5.97 Å². The smallest absolute Gasteiger partial charge is 0.338 e. The second-order valence-corrected chi connectivity index (χ2v) is 9.44. The van der Waals surface area contributed by atoms with Gasteiger partial charge in [-0.3, -0.25) is 4.98 Å². The van der Waals surface area contributed by atoms with E-state index in [0.717, 1.165) is 11.1 Å². The van der Waals surface area contributed by atoms with Crippen molar-refractivity contribution in [3.8, 4) is 0 Å². The Morgan fingerprint density at radius 1 is 1.06 bits per heavy atom. The summed E-state index contributed by atoms with van der Waals surface area (Å²) in [7, 11) is -3.84. The fraction of sp³-hybridized carbons (Fsp3) is 0.250. The first-order valence-electron chi connectivity index (χ1n) is 10.4. The van der Waals surface area contributed by atoms with Crippen molar-refractivity contribution in [1.29, 1.82) is 0 Å². The van der Waals surface area contributed by atoms with Gasteiger partial charge in [-0.2, -0.15) is 4.31 Å². The van der Waals surface area contributed by atoms with Gasteiger partial charge in [0, 0.05) is 24.5 Å². The van der Waals surface area contributed by atoms with Crippen LogP contribution in [0.5, 0.6) is 0 Å². The van der Waals surface area contributed by atoms with Gasteiger partial charge in [0.1, 0.15) is 0 Å². The van der Waals surface area contributed by atoms with E-state index in [4.69, 9.17) is 4.74 Å². The van der Waals surface area contributed by atoms with Crippen molar-refractivity contribution in [2.75, 3.05) is 6.61 Å². The van der Waals surface area contributed by atoms with E-state index in [1.807, 2.05) is 0 Å². The van der Waals surface area contributed by atoms with Crippen LogP contribution in [0.3, 0.4) is 0 Å². The van der Waals surface area contributed by atoms with E-state index in [2.05, 4.69) is 4.98 Å². The average molecular weight is 453 g/mol. The monoisotopic (exact) mass is 452 g/mol. The SMILES string of the molecule is CCOC(=O)c1ccc(C[C@@H]2[C@@H](O)c3ccccc3S(=O)(=O)N2Cc2cccnc2)cc1. The Balaban J connectivity index is 1.70. The van der Waals surface area contributed by atoms with Crippen molar-refractivity contribution in [3.63, 3.8) is 0 Å². The van der Waals surface area contributed by atoms with Gasteiger partial charge in [0.2, 0.25) is 10.0 Å². The number of sulfonamides is 1. The molecule has 2 atom stereocenters. The zero-order valence-corrected chi connectivity index (χ0v) is 18.4. The lowest BCUT2D eigenvalue weighted by molar-refractivity contribution is 0.0526. The van der Waals surface area contributed by atoms with E-state index >= 15 is 0 Å². The molecule has 1 aromatic heterocycles. The summed E-state index contributed by atoms with van der Waals surface area (Å²) in [6.07, 6.45) is 2.52. The molecule has 0 saturated carbocycles. The second kappa shape index (κ2) is 9.20. The second-order valence-electron chi connectivity index (χ2n) is 7.58. The summed E-state index contributed by atoms with van der Waals surface area (Å²) in [6, 6.07) is 16.2. The molecule has 32 heavy (non-hydrogen) atoms. The van der Waals surface area contributed by atoms with Crippen molar-refractivity contribution in [2.45, 2.75) is 36.9 Å². The molecular formula is C24H24N2O5S. The fourth-order valence-electron chi connectivity index (χ4n) is 3.95. The molecule has 1 aliphatic rings. The summed E-state index contributed by atoms with van der Waals surface area (Å²) < 4.78 is 33.4. The van der Waals surface area contributed by atoms with Crippen molar-refractivity contribution >= 4 is 16.0 Å². The third-order valence-corrected chi connectivity index (χ3v) is 7.47. The highest BCUT2D eigenvalue weighted by Gasteiger charge is 2.43. The van der Waals surface area contributed by atoms with Gasteiger partial charge in [0.05, 0.1) is 29.2 Å². The molecule has 1 aliphatic heterocycles. The predicted molar refractivity (Wildman–Crippen MR) is 118 cm³/mol. The minimum absolute atomic E-state index is 0.0904. The largest absolute Gasteiger partial charge is 0.462 e. The number of esters is 1. The molecule has 0 radical (unpaired) electrons. The van der Waals surface area contributed by atoms with Gasteiger partial charge < -0.3 is 9.84 Å². The van der Waals surface area contributed by atoms with Gasteiger partial charge in [-0.25, -0.2) is 13.2 Å². The van der Waals surface area contributed by atoms with Crippen molar-refractivity contribution in [1.82, 2.24) is 9.29 Å². The number of fused-ring (bicyclic) bond motifs is 1. The van der Waals surface area contributed by atoms with E-state index in [9.17, 15) is 18.3 Å². The molecule has 0 saturated heterocycles. The summed E-state index contributed by atoms with van der Waals surface area (Å²) in [4.78, 5) is 16.1.